The van der Waals surface area contributed by atoms with Gasteiger partial charge in [-0.05, 0) is 19.3 Å². The van der Waals surface area contributed by atoms with Crippen LogP contribution in [0.3, 0.4) is 0 Å². The van der Waals surface area contributed by atoms with Crippen molar-refractivity contribution in [3.05, 3.63) is 12.2 Å². The van der Waals surface area contributed by atoms with Crippen LogP contribution < -0.4 is 5.32 Å². The Bertz CT molecular complexity index is 1650. The molecular formula is C59H107NO19. The number of fused-ring (bicyclic) bond motifs is 1. The van der Waals surface area contributed by atoms with Crippen molar-refractivity contribution in [3.8, 4) is 0 Å². The predicted octanol–water partition coefficient (Wildman–Crippen LogP) is 4.82. The normalized spacial score (nSPS) is 31.7. The van der Waals surface area contributed by atoms with Crippen LogP contribution in [-0.4, -0.2) is 200 Å². The van der Waals surface area contributed by atoms with Crippen LogP contribution in [-0.2, 0) is 42.7 Å². The van der Waals surface area contributed by atoms with Crippen molar-refractivity contribution < 1.29 is 93.8 Å². The highest BCUT2D eigenvalue weighted by Crippen LogP contribution is 2.42. The third-order valence-corrected chi connectivity index (χ3v) is 16.3. The Kier molecular flexibility index (Phi) is 34.3. The molecule has 4 aliphatic heterocycles. The molecule has 462 valence electrons. The van der Waals surface area contributed by atoms with Crippen molar-refractivity contribution in [1.29, 1.82) is 0 Å². The maximum absolute atomic E-state index is 13.9. The van der Waals surface area contributed by atoms with Crippen molar-refractivity contribution in [3.63, 3.8) is 0 Å². The van der Waals surface area contributed by atoms with Gasteiger partial charge in [-0.3, -0.25) is 9.59 Å². The minimum atomic E-state index is -1.93. The number of nitrogens with one attached hydrogen (secondary N) is 1. The van der Waals surface area contributed by atoms with Gasteiger partial charge in [-0.1, -0.05) is 180 Å². The average molecular weight is 1130 g/mol. The number of unbranched alkanes of at least 4 members (excludes halogenated alkanes) is 25. The van der Waals surface area contributed by atoms with Crippen molar-refractivity contribution in [2.75, 3.05) is 33.0 Å². The van der Waals surface area contributed by atoms with Crippen LogP contribution in [0, 0.1) is 5.92 Å². The summed E-state index contributed by atoms with van der Waals surface area (Å²) in [6, 6.07) is -1.27. The second kappa shape index (κ2) is 38.9. The number of Topliss-reactive ketones (excluding diaryl/α,β-unsaturated/α-hetero) is 1. The predicted molar refractivity (Wildman–Crippen MR) is 294 cm³/mol. The van der Waals surface area contributed by atoms with Gasteiger partial charge >= 0.3 is 0 Å². The summed E-state index contributed by atoms with van der Waals surface area (Å²) < 4.78 is 42.6. The molecule has 4 fully saturated rings. The van der Waals surface area contributed by atoms with E-state index in [2.05, 4.69) is 19.2 Å². The van der Waals surface area contributed by atoms with Crippen LogP contribution in [0.2, 0.25) is 0 Å². The summed E-state index contributed by atoms with van der Waals surface area (Å²) in [5.74, 6) is -3.74. The van der Waals surface area contributed by atoms with Crippen LogP contribution in [0.1, 0.15) is 207 Å². The Balaban J connectivity index is 1.35. The quantitative estimate of drug-likeness (QED) is 0.0288. The fourth-order valence-electron chi connectivity index (χ4n) is 11.4. The van der Waals surface area contributed by atoms with Gasteiger partial charge in [-0.15, -0.1) is 0 Å². The molecule has 20 heteroatoms. The van der Waals surface area contributed by atoms with Crippen LogP contribution in [0.4, 0.5) is 0 Å². The van der Waals surface area contributed by atoms with E-state index in [0.29, 0.717) is 6.42 Å². The number of hydrogen-bond donors (Lipinski definition) is 11. The molecule has 0 bridgehead atoms. The summed E-state index contributed by atoms with van der Waals surface area (Å²) in [5, 5.41) is 111. The Hall–Kier alpha value is -1.80. The Morgan fingerprint density at radius 1 is 0.646 bits per heavy atom. The van der Waals surface area contributed by atoms with Gasteiger partial charge < -0.3 is 89.5 Å². The zero-order valence-electron chi connectivity index (χ0n) is 48.2. The van der Waals surface area contributed by atoms with Gasteiger partial charge in [0.1, 0.15) is 79.5 Å². The van der Waals surface area contributed by atoms with Gasteiger partial charge in [-0.25, -0.2) is 0 Å². The molecule has 1 unspecified atom stereocenters. The first kappa shape index (κ1) is 69.7. The zero-order chi connectivity index (χ0) is 57.6. The summed E-state index contributed by atoms with van der Waals surface area (Å²) in [6.07, 6.45) is 12.0. The van der Waals surface area contributed by atoms with Gasteiger partial charge in [-0.2, -0.15) is 0 Å². The molecule has 1 amide bonds. The molecule has 0 radical (unpaired) electrons. The first-order valence-electron chi connectivity index (χ1n) is 30.8. The molecule has 20 nitrogen and oxygen atoms in total. The molecule has 4 saturated heterocycles. The van der Waals surface area contributed by atoms with E-state index in [-0.39, 0.29) is 25.2 Å². The fourth-order valence-corrected chi connectivity index (χ4v) is 11.4. The summed E-state index contributed by atoms with van der Waals surface area (Å²) in [6.45, 7) is 2.34. The third-order valence-electron chi connectivity index (χ3n) is 16.3. The number of ether oxygens (including phenoxy) is 7. The van der Waals surface area contributed by atoms with E-state index in [4.69, 9.17) is 33.2 Å². The van der Waals surface area contributed by atoms with Crippen molar-refractivity contribution in [2.45, 2.75) is 311 Å². The standard InChI is InChI=1S/C59H107NO19/c1-4-6-8-10-12-14-16-18-19-21-23-25-27-29-31-33-43(66)41(42(65)32-30-28-26-24-22-20-17-15-13-11-9-7-5-2)38-73-57-52(72)51(71)53(47(37-63)76-57)77-58-56-55(50(70)46(36-62)75-58)79-59(39-74-56)34-44(67)48(60-40(3)64)54(78-59)49(69)45(68)35-61/h30,32,41-42,44-58,61-63,65,67-72H,4-29,31,33-39H2,1-3H3,(H,60,64)/b32-30+/t41-,42+,44-,45+,46+,47+,48+,49+,50-,51+,52+,53+,54-,55-,56+,57+,58-,59?/m0/s1. The van der Waals surface area contributed by atoms with Crippen molar-refractivity contribution in [1.82, 2.24) is 5.32 Å². The Morgan fingerprint density at radius 2 is 1.16 bits per heavy atom. The van der Waals surface area contributed by atoms with E-state index in [1.54, 1.807) is 6.08 Å². The molecule has 18 atom stereocenters. The molecule has 4 aliphatic rings. The number of rotatable bonds is 42. The van der Waals surface area contributed by atoms with Gasteiger partial charge in [0.15, 0.2) is 18.4 Å². The van der Waals surface area contributed by atoms with E-state index in [1.807, 2.05) is 6.08 Å². The van der Waals surface area contributed by atoms with Crippen LogP contribution in [0.5, 0.6) is 0 Å². The maximum Gasteiger partial charge on any atom is 0.217 e. The minimum absolute atomic E-state index is 0.205. The molecule has 79 heavy (non-hydrogen) atoms. The highest BCUT2D eigenvalue weighted by Gasteiger charge is 2.60. The highest BCUT2D eigenvalue weighted by molar-refractivity contribution is 5.82. The minimum Gasteiger partial charge on any atom is -0.394 e. The van der Waals surface area contributed by atoms with Crippen LogP contribution in [0.25, 0.3) is 0 Å². The summed E-state index contributed by atoms with van der Waals surface area (Å²) in [7, 11) is 0. The topological polar surface area (TPSA) is 313 Å². The first-order chi connectivity index (χ1) is 38.1. The van der Waals surface area contributed by atoms with Crippen LogP contribution >= 0.6 is 0 Å². The molecule has 0 aliphatic carbocycles. The van der Waals surface area contributed by atoms with Crippen molar-refractivity contribution >= 4 is 11.7 Å². The Morgan fingerprint density at radius 3 is 1.68 bits per heavy atom. The SMILES string of the molecule is CCCCCCCCCCCCC/C=C/[C@@H](O)[C@H](CO[C@@H]1O[C@H](CO)[C@@H](O[C@@H]2O[C@H](CO)[C@H](O)[C@@H]3OC4(CO[C@@H]23)C[C@H](O)[C@@H](NC(C)=O)[C@@H]([C@H](O)[C@H](O)CO)O4)[C@H](O)[C@H]1O)C(=O)CCCCCCCCCCCCCCCCC. The number of amides is 1. The maximum atomic E-state index is 13.9. The second-order valence-electron chi connectivity index (χ2n) is 23.0. The zero-order valence-corrected chi connectivity index (χ0v) is 48.2. The van der Waals surface area contributed by atoms with Gasteiger partial charge in [0, 0.05) is 19.8 Å². The number of carbonyl (C=O) groups is 2. The number of carbonyl (C=O) groups excluding carboxylic acids is 2. The fraction of sp³-hybridized carbons (Fsp3) is 0.932. The van der Waals surface area contributed by atoms with Gasteiger partial charge in [0.25, 0.3) is 0 Å². The molecular weight excluding hydrogens is 1030 g/mol. The average Bonchev–Trinajstić information content (AvgIpc) is 3.54. The van der Waals surface area contributed by atoms with Crippen molar-refractivity contribution in [2.24, 2.45) is 5.92 Å². The number of hydrogen-bond acceptors (Lipinski definition) is 19. The van der Waals surface area contributed by atoms with Gasteiger partial charge in [0.05, 0.1) is 50.6 Å². The summed E-state index contributed by atoms with van der Waals surface area (Å²) in [5.41, 5.74) is 0. The summed E-state index contributed by atoms with van der Waals surface area (Å²) >= 11 is 0. The van der Waals surface area contributed by atoms with Gasteiger partial charge in [0.2, 0.25) is 5.91 Å². The lowest BCUT2D eigenvalue weighted by Crippen LogP contribution is -2.73. The number of aliphatic hydroxyl groups is 10. The number of allylic oxidation sites excluding steroid dienone is 1. The molecule has 11 N–H and O–H groups in total. The van der Waals surface area contributed by atoms with Crippen LogP contribution in [0.15, 0.2) is 12.2 Å². The molecule has 0 aromatic carbocycles. The lowest BCUT2D eigenvalue weighted by Gasteiger charge is -2.56. The molecule has 4 rings (SSSR count). The Labute approximate surface area is 471 Å². The number of ketones is 1. The molecule has 0 saturated carbocycles. The van der Waals surface area contributed by atoms with E-state index in [9.17, 15) is 60.7 Å². The highest BCUT2D eigenvalue weighted by atomic mass is 16.8. The largest absolute Gasteiger partial charge is 0.394 e. The summed E-state index contributed by atoms with van der Waals surface area (Å²) in [4.78, 5) is 25.9. The second-order valence-corrected chi connectivity index (χ2v) is 23.0. The lowest BCUT2D eigenvalue weighted by atomic mass is 9.87. The van der Waals surface area contributed by atoms with E-state index in [1.165, 1.54) is 129 Å². The monoisotopic (exact) mass is 1130 g/mol. The number of aliphatic hydroxyl groups excluding tert-OH is 10. The molecule has 0 aromatic rings. The molecule has 1 spiro atoms. The third kappa shape index (κ3) is 23.3. The van der Waals surface area contributed by atoms with E-state index < -0.39 is 142 Å². The smallest absolute Gasteiger partial charge is 0.217 e. The van der Waals surface area contributed by atoms with E-state index in [0.717, 1.165) is 44.9 Å². The molecule has 4 heterocycles. The van der Waals surface area contributed by atoms with E-state index >= 15 is 0 Å². The first-order valence-corrected chi connectivity index (χ1v) is 30.8. The molecule has 0 aromatic heterocycles. The lowest BCUT2D eigenvalue weighted by molar-refractivity contribution is -0.434.